The average Bonchev–Trinajstić information content (AvgIpc) is 3.49. The summed E-state index contributed by atoms with van der Waals surface area (Å²) in [6.07, 6.45) is 3.45. The number of aromatic amines is 1. The Kier molecular flexibility index (Phi) is 5.07. The van der Waals surface area contributed by atoms with Gasteiger partial charge < -0.3 is 14.3 Å². The number of para-hydroxylation sites is 1. The van der Waals surface area contributed by atoms with E-state index in [9.17, 15) is 4.79 Å². The van der Waals surface area contributed by atoms with Gasteiger partial charge in [0.1, 0.15) is 11.4 Å². The van der Waals surface area contributed by atoms with Gasteiger partial charge in [0.25, 0.3) is 5.91 Å². The molecular formula is C26H21N3O2. The van der Waals surface area contributed by atoms with E-state index >= 15 is 0 Å². The van der Waals surface area contributed by atoms with Crippen molar-refractivity contribution in [3.63, 3.8) is 0 Å². The van der Waals surface area contributed by atoms with Crippen molar-refractivity contribution in [2.75, 3.05) is 0 Å². The highest BCUT2D eigenvalue weighted by Gasteiger charge is 2.22. The van der Waals surface area contributed by atoms with Crippen LogP contribution >= 0.6 is 0 Å². The molecule has 0 aliphatic rings. The third-order valence-electron chi connectivity index (χ3n) is 5.28. The molecule has 0 saturated heterocycles. The molecule has 0 unspecified atom stereocenters. The van der Waals surface area contributed by atoms with Gasteiger partial charge in [-0.3, -0.25) is 4.79 Å². The summed E-state index contributed by atoms with van der Waals surface area (Å²) < 4.78 is 5.86. The van der Waals surface area contributed by atoms with Gasteiger partial charge in [0.05, 0.1) is 6.54 Å². The van der Waals surface area contributed by atoms with Crippen LogP contribution in [0.25, 0.3) is 22.1 Å². The predicted octanol–water partition coefficient (Wildman–Crippen LogP) is 5.67. The Bertz CT molecular complexity index is 1270. The minimum atomic E-state index is -0.171. The highest BCUT2D eigenvalue weighted by molar-refractivity contribution is 5.96. The first-order valence-electron chi connectivity index (χ1n) is 10.2. The fraction of sp³-hybridized carbons (Fsp3) is 0.0769. The minimum Gasteiger partial charge on any atom is -0.451 e. The van der Waals surface area contributed by atoms with Crippen molar-refractivity contribution in [3.05, 3.63) is 114 Å². The molecule has 0 radical (unpaired) electrons. The molecule has 0 atom stereocenters. The van der Waals surface area contributed by atoms with Crippen molar-refractivity contribution in [1.29, 1.82) is 0 Å². The molecule has 0 aliphatic carbocycles. The number of amides is 1. The number of H-pyrrole nitrogens is 1. The maximum absolute atomic E-state index is 13.5. The number of furan rings is 1. The van der Waals surface area contributed by atoms with Crippen LogP contribution in [-0.4, -0.2) is 20.8 Å². The van der Waals surface area contributed by atoms with Crippen LogP contribution in [0.15, 0.2) is 102 Å². The molecule has 5 nitrogen and oxygen atoms in total. The van der Waals surface area contributed by atoms with E-state index in [2.05, 4.69) is 34.2 Å². The second-order valence-corrected chi connectivity index (χ2v) is 7.37. The Hall–Kier alpha value is -4.12. The first-order valence-corrected chi connectivity index (χ1v) is 10.2. The van der Waals surface area contributed by atoms with Gasteiger partial charge in [-0.05, 0) is 28.8 Å². The van der Waals surface area contributed by atoms with E-state index in [0.717, 1.165) is 27.9 Å². The van der Waals surface area contributed by atoms with Gasteiger partial charge >= 0.3 is 0 Å². The standard InChI is InChI=1S/C26H21N3O2/c30-26(24-16-20-10-5-7-13-23(20)31-24)29(18-25-27-14-15-28-25)17-21-11-4-6-12-22(21)19-8-2-1-3-9-19/h1-16H,17-18H2,(H,27,28). The molecule has 1 N–H and O–H groups in total. The van der Waals surface area contributed by atoms with Crippen LogP contribution in [0.4, 0.5) is 0 Å². The van der Waals surface area contributed by atoms with Crippen LogP contribution in [0.2, 0.25) is 0 Å². The zero-order valence-corrected chi connectivity index (χ0v) is 16.9. The van der Waals surface area contributed by atoms with Gasteiger partial charge in [0.15, 0.2) is 5.76 Å². The molecule has 0 bridgehead atoms. The molecule has 3 aromatic carbocycles. The summed E-state index contributed by atoms with van der Waals surface area (Å²) in [5, 5.41) is 0.911. The zero-order valence-electron chi connectivity index (χ0n) is 16.9. The fourth-order valence-corrected chi connectivity index (χ4v) is 3.77. The Balaban J connectivity index is 1.51. The molecule has 152 valence electrons. The Labute approximate surface area is 180 Å². The van der Waals surface area contributed by atoms with Crippen LogP contribution in [0, 0.1) is 0 Å². The summed E-state index contributed by atoms with van der Waals surface area (Å²) in [7, 11) is 0. The lowest BCUT2D eigenvalue weighted by molar-refractivity contribution is 0.0696. The Morgan fingerprint density at radius 3 is 2.48 bits per heavy atom. The summed E-state index contributed by atoms with van der Waals surface area (Å²) in [6, 6.07) is 27.8. The third-order valence-corrected chi connectivity index (χ3v) is 5.28. The number of nitrogens with one attached hydrogen (secondary N) is 1. The van der Waals surface area contributed by atoms with Gasteiger partial charge in [-0.1, -0.05) is 72.8 Å². The second kappa shape index (κ2) is 8.32. The number of fused-ring (bicyclic) bond motifs is 1. The Morgan fingerprint density at radius 1 is 0.903 bits per heavy atom. The van der Waals surface area contributed by atoms with Crippen molar-refractivity contribution >= 4 is 16.9 Å². The summed E-state index contributed by atoms with van der Waals surface area (Å²) in [5.74, 6) is 0.877. The topological polar surface area (TPSA) is 62.1 Å². The van der Waals surface area contributed by atoms with Gasteiger partial charge in [-0.15, -0.1) is 0 Å². The number of aromatic nitrogens is 2. The van der Waals surface area contributed by atoms with E-state index in [-0.39, 0.29) is 5.91 Å². The maximum atomic E-state index is 13.5. The average molecular weight is 407 g/mol. The van der Waals surface area contributed by atoms with E-state index in [0.29, 0.717) is 24.4 Å². The maximum Gasteiger partial charge on any atom is 0.290 e. The molecule has 5 rings (SSSR count). The summed E-state index contributed by atoms with van der Waals surface area (Å²) in [6.45, 7) is 0.785. The fourth-order valence-electron chi connectivity index (χ4n) is 3.77. The number of nitrogens with zero attached hydrogens (tertiary/aromatic N) is 2. The highest BCUT2D eigenvalue weighted by atomic mass is 16.3. The van der Waals surface area contributed by atoms with Gasteiger partial charge in [-0.2, -0.15) is 0 Å². The lowest BCUT2D eigenvalue weighted by atomic mass is 9.99. The third kappa shape index (κ3) is 3.98. The molecule has 31 heavy (non-hydrogen) atoms. The molecule has 2 heterocycles. The monoisotopic (exact) mass is 407 g/mol. The number of carbonyl (C=O) groups excluding carboxylic acids is 1. The van der Waals surface area contributed by atoms with Crippen molar-refractivity contribution in [3.8, 4) is 11.1 Å². The SMILES string of the molecule is O=C(c1cc2ccccc2o1)N(Cc1ncc[nH]1)Cc1ccccc1-c1ccccc1. The van der Waals surface area contributed by atoms with E-state index < -0.39 is 0 Å². The summed E-state index contributed by atoms with van der Waals surface area (Å²) in [4.78, 5) is 22.7. The van der Waals surface area contributed by atoms with Crippen LogP contribution in [-0.2, 0) is 13.1 Å². The molecule has 5 aromatic rings. The number of hydrogen-bond donors (Lipinski definition) is 1. The van der Waals surface area contributed by atoms with Gasteiger partial charge in [-0.25, -0.2) is 4.98 Å². The molecular weight excluding hydrogens is 386 g/mol. The number of rotatable bonds is 6. The molecule has 1 amide bonds. The lowest BCUT2D eigenvalue weighted by Crippen LogP contribution is -2.30. The van der Waals surface area contributed by atoms with Crippen LogP contribution in [0.1, 0.15) is 21.9 Å². The minimum absolute atomic E-state index is 0.171. The van der Waals surface area contributed by atoms with E-state index in [1.165, 1.54) is 0 Å². The quantitative estimate of drug-likeness (QED) is 0.395. The van der Waals surface area contributed by atoms with Crippen molar-refractivity contribution in [1.82, 2.24) is 14.9 Å². The summed E-state index contributed by atoms with van der Waals surface area (Å²) >= 11 is 0. The number of benzene rings is 3. The van der Waals surface area contributed by atoms with Gasteiger partial charge in [0, 0.05) is 24.3 Å². The van der Waals surface area contributed by atoms with Crippen LogP contribution in [0.5, 0.6) is 0 Å². The number of carbonyl (C=O) groups is 1. The smallest absolute Gasteiger partial charge is 0.290 e. The largest absolute Gasteiger partial charge is 0.451 e. The zero-order chi connectivity index (χ0) is 21.0. The van der Waals surface area contributed by atoms with Crippen molar-refractivity contribution < 1.29 is 9.21 Å². The number of hydrogen-bond acceptors (Lipinski definition) is 3. The molecule has 2 aromatic heterocycles. The highest BCUT2D eigenvalue weighted by Crippen LogP contribution is 2.26. The second-order valence-electron chi connectivity index (χ2n) is 7.37. The first kappa shape index (κ1) is 18.9. The van der Waals surface area contributed by atoms with Crippen molar-refractivity contribution in [2.24, 2.45) is 0 Å². The summed E-state index contributed by atoms with van der Waals surface area (Å²) in [5.41, 5.74) is 3.98. The van der Waals surface area contributed by atoms with Crippen molar-refractivity contribution in [2.45, 2.75) is 13.1 Å². The molecule has 0 aliphatic heterocycles. The van der Waals surface area contributed by atoms with Crippen LogP contribution in [0.3, 0.4) is 0 Å². The van der Waals surface area contributed by atoms with E-state index in [1.807, 2.05) is 54.6 Å². The van der Waals surface area contributed by atoms with E-state index in [4.69, 9.17) is 4.42 Å². The molecule has 0 saturated carbocycles. The number of imidazole rings is 1. The molecule has 0 spiro atoms. The predicted molar refractivity (Wildman–Crippen MR) is 120 cm³/mol. The van der Waals surface area contributed by atoms with E-state index in [1.54, 1.807) is 23.4 Å². The lowest BCUT2D eigenvalue weighted by Gasteiger charge is -2.22. The molecule has 5 heteroatoms. The first-order chi connectivity index (χ1) is 15.3. The Morgan fingerprint density at radius 2 is 1.68 bits per heavy atom. The van der Waals surface area contributed by atoms with Gasteiger partial charge in [0.2, 0.25) is 0 Å². The van der Waals surface area contributed by atoms with Crippen LogP contribution < -0.4 is 0 Å². The normalized spacial score (nSPS) is 11.0. The molecule has 0 fully saturated rings.